The third kappa shape index (κ3) is 2.55. The second-order valence-electron chi connectivity index (χ2n) is 4.57. The van der Waals surface area contributed by atoms with Gasteiger partial charge in [0.05, 0.1) is 24.2 Å². The van der Waals surface area contributed by atoms with Crippen molar-refractivity contribution in [2.75, 3.05) is 7.11 Å². The van der Waals surface area contributed by atoms with E-state index in [2.05, 4.69) is 0 Å². The van der Waals surface area contributed by atoms with Gasteiger partial charge in [-0.05, 0) is 38.7 Å². The summed E-state index contributed by atoms with van der Waals surface area (Å²) in [6.07, 6.45) is 4.47. The first-order valence-electron chi connectivity index (χ1n) is 6.11. The van der Waals surface area contributed by atoms with Gasteiger partial charge in [-0.2, -0.15) is 0 Å². The van der Waals surface area contributed by atoms with Gasteiger partial charge in [-0.15, -0.1) is 0 Å². The molecule has 0 aromatic heterocycles. The number of rotatable bonds is 4. The van der Waals surface area contributed by atoms with Crippen molar-refractivity contribution in [3.8, 4) is 11.5 Å². The van der Waals surface area contributed by atoms with Gasteiger partial charge in [0.2, 0.25) is 0 Å². The molecule has 1 aromatic rings. The molecule has 0 heterocycles. The van der Waals surface area contributed by atoms with Crippen LogP contribution in [0.25, 0.3) is 0 Å². The van der Waals surface area contributed by atoms with Crippen molar-refractivity contribution in [1.29, 1.82) is 0 Å². The summed E-state index contributed by atoms with van der Waals surface area (Å²) in [6, 6.07) is 3.12. The van der Waals surface area contributed by atoms with E-state index < -0.39 is 4.92 Å². The van der Waals surface area contributed by atoms with Gasteiger partial charge in [0, 0.05) is 5.56 Å². The normalized spacial score (nSPS) is 15.7. The molecule has 0 spiro atoms. The van der Waals surface area contributed by atoms with Crippen molar-refractivity contribution >= 4 is 5.69 Å². The van der Waals surface area contributed by atoms with Crippen molar-refractivity contribution in [1.82, 2.24) is 0 Å². The number of hydrogen-bond donors (Lipinski definition) is 0. The summed E-state index contributed by atoms with van der Waals surface area (Å²) in [4.78, 5) is 10.5. The Morgan fingerprint density at radius 1 is 1.28 bits per heavy atom. The first-order valence-corrected chi connectivity index (χ1v) is 6.11. The van der Waals surface area contributed by atoms with Crippen molar-refractivity contribution < 1.29 is 14.4 Å². The van der Waals surface area contributed by atoms with E-state index in [9.17, 15) is 10.1 Å². The average molecular weight is 251 g/mol. The fourth-order valence-corrected chi connectivity index (χ4v) is 2.28. The summed E-state index contributed by atoms with van der Waals surface area (Å²) in [5.41, 5.74) is 0.652. The highest BCUT2D eigenvalue weighted by molar-refractivity contribution is 5.53. The van der Waals surface area contributed by atoms with Crippen LogP contribution in [-0.2, 0) is 0 Å². The zero-order valence-corrected chi connectivity index (χ0v) is 10.6. The quantitative estimate of drug-likeness (QED) is 0.608. The Morgan fingerprint density at radius 2 is 1.94 bits per heavy atom. The molecule has 1 aliphatic carbocycles. The number of nitro benzene ring substituents is 1. The molecule has 18 heavy (non-hydrogen) atoms. The van der Waals surface area contributed by atoms with E-state index in [4.69, 9.17) is 9.47 Å². The molecule has 5 nitrogen and oxygen atoms in total. The van der Waals surface area contributed by atoms with E-state index >= 15 is 0 Å². The molecule has 1 aromatic carbocycles. The summed E-state index contributed by atoms with van der Waals surface area (Å²) >= 11 is 0. The number of aryl methyl sites for hydroxylation is 1. The number of hydrogen-bond acceptors (Lipinski definition) is 4. The Bertz CT molecular complexity index is 453. The molecule has 0 bridgehead atoms. The summed E-state index contributed by atoms with van der Waals surface area (Å²) in [6.45, 7) is 1.69. The maximum absolute atomic E-state index is 10.9. The molecule has 0 aliphatic heterocycles. The van der Waals surface area contributed by atoms with Gasteiger partial charge in [-0.25, -0.2) is 0 Å². The molecule has 5 heteroatoms. The van der Waals surface area contributed by atoms with E-state index in [1.165, 1.54) is 6.07 Å². The first-order chi connectivity index (χ1) is 8.61. The molecular weight excluding hydrogens is 234 g/mol. The van der Waals surface area contributed by atoms with Crippen LogP contribution in [0.15, 0.2) is 12.1 Å². The van der Waals surface area contributed by atoms with E-state index in [1.54, 1.807) is 20.1 Å². The van der Waals surface area contributed by atoms with E-state index in [1.807, 2.05) is 0 Å². The van der Waals surface area contributed by atoms with Crippen LogP contribution in [-0.4, -0.2) is 18.1 Å². The van der Waals surface area contributed by atoms with Gasteiger partial charge in [-0.1, -0.05) is 0 Å². The lowest BCUT2D eigenvalue weighted by Crippen LogP contribution is -2.12. The SMILES string of the molecule is COc1cc(C)c([N+](=O)[O-])cc1OC1CCCC1. The van der Waals surface area contributed by atoms with Gasteiger partial charge < -0.3 is 9.47 Å². The number of methoxy groups -OCH3 is 1. The molecule has 2 rings (SSSR count). The zero-order valence-electron chi connectivity index (χ0n) is 10.6. The Morgan fingerprint density at radius 3 is 2.50 bits per heavy atom. The van der Waals surface area contributed by atoms with Crippen LogP contribution in [0, 0.1) is 17.0 Å². The molecule has 0 N–H and O–H groups in total. The molecule has 98 valence electrons. The van der Waals surface area contributed by atoms with E-state index in [0.717, 1.165) is 25.7 Å². The second kappa shape index (κ2) is 5.25. The molecule has 1 saturated carbocycles. The third-order valence-corrected chi connectivity index (χ3v) is 3.27. The van der Waals surface area contributed by atoms with Crippen molar-refractivity contribution in [3.05, 3.63) is 27.8 Å². The smallest absolute Gasteiger partial charge is 0.276 e. The van der Waals surface area contributed by atoms with Crippen LogP contribution >= 0.6 is 0 Å². The minimum absolute atomic E-state index is 0.0730. The number of nitrogens with zero attached hydrogens (tertiary/aromatic N) is 1. The molecule has 0 amide bonds. The van der Waals surface area contributed by atoms with Crippen LogP contribution < -0.4 is 9.47 Å². The van der Waals surface area contributed by atoms with Gasteiger partial charge in [0.1, 0.15) is 0 Å². The third-order valence-electron chi connectivity index (χ3n) is 3.27. The van der Waals surface area contributed by atoms with E-state index in [0.29, 0.717) is 17.1 Å². The molecule has 0 radical (unpaired) electrons. The van der Waals surface area contributed by atoms with Crippen LogP contribution in [0.4, 0.5) is 5.69 Å². The van der Waals surface area contributed by atoms with Crippen LogP contribution in [0.1, 0.15) is 31.2 Å². The number of ether oxygens (including phenoxy) is 2. The second-order valence-corrected chi connectivity index (χ2v) is 4.57. The minimum atomic E-state index is -0.393. The standard InChI is InChI=1S/C13H17NO4/c1-9-7-12(17-2)13(8-11(9)14(15)16)18-10-5-3-4-6-10/h7-8,10H,3-6H2,1-2H3. The topological polar surface area (TPSA) is 61.6 Å². The molecular formula is C13H17NO4. The van der Waals surface area contributed by atoms with Gasteiger partial charge in [-0.3, -0.25) is 10.1 Å². The van der Waals surface area contributed by atoms with E-state index in [-0.39, 0.29) is 11.8 Å². The predicted molar refractivity (Wildman–Crippen MR) is 67.3 cm³/mol. The monoisotopic (exact) mass is 251 g/mol. The Labute approximate surface area is 106 Å². The summed E-state index contributed by atoms with van der Waals surface area (Å²) in [7, 11) is 1.54. The number of nitro groups is 1. The lowest BCUT2D eigenvalue weighted by atomic mass is 10.1. The van der Waals surface area contributed by atoms with Crippen LogP contribution in [0.5, 0.6) is 11.5 Å². The maximum Gasteiger partial charge on any atom is 0.276 e. The van der Waals surface area contributed by atoms with Gasteiger partial charge in [0.25, 0.3) is 5.69 Å². The van der Waals surface area contributed by atoms with Crippen molar-refractivity contribution in [2.45, 2.75) is 38.7 Å². The Balaban J connectivity index is 2.30. The molecule has 0 atom stereocenters. The molecule has 1 aliphatic rings. The number of benzene rings is 1. The summed E-state index contributed by atoms with van der Waals surface area (Å²) in [5.74, 6) is 1.03. The Hall–Kier alpha value is -1.78. The summed E-state index contributed by atoms with van der Waals surface area (Å²) in [5, 5.41) is 10.9. The van der Waals surface area contributed by atoms with Gasteiger partial charge in [0.15, 0.2) is 11.5 Å². The minimum Gasteiger partial charge on any atom is -0.493 e. The molecule has 0 saturated heterocycles. The highest BCUT2D eigenvalue weighted by Gasteiger charge is 2.22. The van der Waals surface area contributed by atoms with Crippen molar-refractivity contribution in [2.24, 2.45) is 0 Å². The van der Waals surface area contributed by atoms with Crippen LogP contribution in [0.2, 0.25) is 0 Å². The molecule has 1 fully saturated rings. The predicted octanol–water partition coefficient (Wildman–Crippen LogP) is 3.23. The Kier molecular flexibility index (Phi) is 3.69. The zero-order chi connectivity index (χ0) is 13.1. The fraction of sp³-hybridized carbons (Fsp3) is 0.538. The maximum atomic E-state index is 10.9. The van der Waals surface area contributed by atoms with Crippen molar-refractivity contribution in [3.63, 3.8) is 0 Å². The lowest BCUT2D eigenvalue weighted by Gasteiger charge is -2.16. The van der Waals surface area contributed by atoms with Gasteiger partial charge >= 0.3 is 0 Å². The molecule has 0 unspecified atom stereocenters. The average Bonchev–Trinajstić information content (AvgIpc) is 2.83. The largest absolute Gasteiger partial charge is 0.493 e. The van der Waals surface area contributed by atoms with Crippen LogP contribution in [0.3, 0.4) is 0 Å². The fourth-order valence-electron chi connectivity index (χ4n) is 2.28. The summed E-state index contributed by atoms with van der Waals surface area (Å²) < 4.78 is 11.0. The first kappa shape index (κ1) is 12.7. The highest BCUT2D eigenvalue weighted by atomic mass is 16.6. The highest BCUT2D eigenvalue weighted by Crippen LogP contribution is 2.36. The lowest BCUT2D eigenvalue weighted by molar-refractivity contribution is -0.385.